The number of carbonyl (C=O) groups is 1. The Morgan fingerprint density at radius 2 is 2.24 bits per heavy atom. The van der Waals surface area contributed by atoms with Crippen LogP contribution in [0.1, 0.15) is 33.7 Å². The Kier molecular flexibility index (Phi) is 3.66. The lowest BCUT2D eigenvalue weighted by molar-refractivity contribution is -0.0265. The van der Waals surface area contributed by atoms with Gasteiger partial charge in [-0.1, -0.05) is 0 Å². The first-order valence-corrected chi connectivity index (χ1v) is 6.84. The number of imidazole rings is 1. The molecule has 1 aliphatic heterocycles. The smallest absolute Gasteiger partial charge is 0.257 e. The summed E-state index contributed by atoms with van der Waals surface area (Å²) in [5.74, 6) is 0.690. The molecule has 7 nitrogen and oxygen atoms in total. The molecule has 1 aliphatic rings. The summed E-state index contributed by atoms with van der Waals surface area (Å²) in [6, 6.07) is 0. The molecule has 110 valence electrons. The normalized spacial score (nSPS) is 18.8. The highest BCUT2D eigenvalue weighted by atomic mass is 16.5. The van der Waals surface area contributed by atoms with Crippen molar-refractivity contribution in [2.24, 2.45) is 0 Å². The van der Waals surface area contributed by atoms with Gasteiger partial charge >= 0.3 is 0 Å². The summed E-state index contributed by atoms with van der Waals surface area (Å²) in [6.45, 7) is 5.27. The Bertz CT molecular complexity index is 654. The fourth-order valence-corrected chi connectivity index (χ4v) is 2.37. The zero-order valence-electron chi connectivity index (χ0n) is 12.0. The van der Waals surface area contributed by atoms with Crippen LogP contribution in [0.25, 0.3) is 0 Å². The van der Waals surface area contributed by atoms with Gasteiger partial charge in [0.15, 0.2) is 0 Å². The van der Waals surface area contributed by atoms with Crippen LogP contribution in [-0.4, -0.2) is 50.4 Å². The number of aromatic nitrogens is 4. The molecule has 1 amide bonds. The molecular formula is C14H17N5O2. The molecule has 7 heteroatoms. The number of nitrogens with zero attached hydrogens (tertiary/aromatic N) is 4. The van der Waals surface area contributed by atoms with Crippen LogP contribution in [0.5, 0.6) is 0 Å². The third-order valence-electron chi connectivity index (χ3n) is 3.52. The SMILES string of the molecule is Cc1cnc([C@@H]2CN(C(=O)c3cncnc3C)CCO2)[nH]1. The van der Waals surface area contributed by atoms with E-state index in [1.165, 1.54) is 6.33 Å². The van der Waals surface area contributed by atoms with E-state index in [2.05, 4.69) is 19.9 Å². The highest BCUT2D eigenvalue weighted by Crippen LogP contribution is 2.21. The van der Waals surface area contributed by atoms with Crippen LogP contribution in [0, 0.1) is 13.8 Å². The maximum atomic E-state index is 12.6. The average molecular weight is 287 g/mol. The van der Waals surface area contributed by atoms with E-state index in [1.54, 1.807) is 17.3 Å². The quantitative estimate of drug-likeness (QED) is 0.892. The van der Waals surface area contributed by atoms with Crippen molar-refractivity contribution in [1.29, 1.82) is 0 Å². The number of amides is 1. The minimum absolute atomic E-state index is 0.0651. The summed E-state index contributed by atoms with van der Waals surface area (Å²) < 4.78 is 5.70. The van der Waals surface area contributed by atoms with E-state index in [0.717, 1.165) is 11.5 Å². The first-order valence-electron chi connectivity index (χ1n) is 6.84. The monoisotopic (exact) mass is 287 g/mol. The molecule has 1 fully saturated rings. The molecule has 0 saturated carbocycles. The lowest BCUT2D eigenvalue weighted by Gasteiger charge is -2.32. The Morgan fingerprint density at radius 3 is 2.95 bits per heavy atom. The van der Waals surface area contributed by atoms with E-state index in [1.807, 2.05) is 13.8 Å². The van der Waals surface area contributed by atoms with Crippen molar-refractivity contribution in [3.05, 3.63) is 41.5 Å². The molecule has 21 heavy (non-hydrogen) atoms. The van der Waals surface area contributed by atoms with Gasteiger partial charge in [-0.25, -0.2) is 15.0 Å². The van der Waals surface area contributed by atoms with Gasteiger partial charge in [-0.3, -0.25) is 4.79 Å². The highest BCUT2D eigenvalue weighted by Gasteiger charge is 2.28. The minimum atomic E-state index is -0.221. The number of morpholine rings is 1. The second kappa shape index (κ2) is 5.61. The Balaban J connectivity index is 1.77. The molecule has 0 radical (unpaired) electrons. The first kappa shape index (κ1) is 13.7. The van der Waals surface area contributed by atoms with Gasteiger partial charge in [-0.15, -0.1) is 0 Å². The van der Waals surface area contributed by atoms with Crippen molar-refractivity contribution in [2.75, 3.05) is 19.7 Å². The molecule has 1 N–H and O–H groups in total. The Labute approximate surface area is 122 Å². The minimum Gasteiger partial charge on any atom is -0.367 e. The molecule has 3 heterocycles. The Morgan fingerprint density at radius 1 is 1.38 bits per heavy atom. The van der Waals surface area contributed by atoms with E-state index in [9.17, 15) is 4.79 Å². The summed E-state index contributed by atoms with van der Waals surface area (Å²) in [5, 5.41) is 0. The fraction of sp³-hybridized carbons (Fsp3) is 0.429. The molecule has 0 spiro atoms. The number of carbonyl (C=O) groups excluding carboxylic acids is 1. The molecule has 1 atom stereocenters. The summed E-state index contributed by atoms with van der Waals surface area (Å²) in [4.78, 5) is 29.8. The number of rotatable bonds is 2. The van der Waals surface area contributed by atoms with E-state index in [4.69, 9.17) is 4.74 Å². The Hall–Kier alpha value is -2.28. The summed E-state index contributed by atoms with van der Waals surface area (Å²) >= 11 is 0. The largest absolute Gasteiger partial charge is 0.367 e. The van der Waals surface area contributed by atoms with Crippen LogP contribution in [0.3, 0.4) is 0 Å². The number of nitrogens with one attached hydrogen (secondary N) is 1. The molecule has 0 aliphatic carbocycles. The van der Waals surface area contributed by atoms with Crippen molar-refractivity contribution in [3.8, 4) is 0 Å². The van der Waals surface area contributed by atoms with Gasteiger partial charge in [0.2, 0.25) is 0 Å². The van der Waals surface area contributed by atoms with Crippen molar-refractivity contribution < 1.29 is 9.53 Å². The van der Waals surface area contributed by atoms with E-state index in [0.29, 0.717) is 31.0 Å². The highest BCUT2D eigenvalue weighted by molar-refractivity contribution is 5.94. The van der Waals surface area contributed by atoms with Crippen LogP contribution in [0.4, 0.5) is 0 Å². The zero-order valence-corrected chi connectivity index (χ0v) is 12.0. The molecule has 0 aromatic carbocycles. The molecule has 2 aromatic rings. The molecule has 0 bridgehead atoms. The van der Waals surface area contributed by atoms with Crippen LogP contribution in [0.2, 0.25) is 0 Å². The first-order chi connectivity index (χ1) is 10.1. The molecule has 1 saturated heterocycles. The fourth-order valence-electron chi connectivity index (χ4n) is 2.37. The van der Waals surface area contributed by atoms with Crippen LogP contribution in [0.15, 0.2) is 18.7 Å². The predicted octanol–water partition coefficient (Wildman–Crippen LogP) is 1.03. The molecule has 2 aromatic heterocycles. The predicted molar refractivity (Wildman–Crippen MR) is 74.7 cm³/mol. The lowest BCUT2D eigenvalue weighted by Crippen LogP contribution is -2.42. The maximum absolute atomic E-state index is 12.6. The standard InChI is InChI=1S/C14H17N5O2/c1-9-5-16-13(18-9)12-7-19(3-4-21-12)14(20)11-6-15-8-17-10(11)2/h5-6,8,12H,3-4,7H2,1-2H3,(H,16,18)/t12-/m0/s1. The summed E-state index contributed by atoms with van der Waals surface area (Å²) in [7, 11) is 0. The molecule has 0 unspecified atom stereocenters. The van der Waals surface area contributed by atoms with Crippen molar-refractivity contribution >= 4 is 5.91 Å². The number of H-pyrrole nitrogens is 1. The van der Waals surface area contributed by atoms with E-state index < -0.39 is 0 Å². The van der Waals surface area contributed by atoms with Gasteiger partial charge < -0.3 is 14.6 Å². The zero-order chi connectivity index (χ0) is 14.8. The number of aryl methyl sites for hydroxylation is 2. The topological polar surface area (TPSA) is 84.0 Å². The third-order valence-corrected chi connectivity index (χ3v) is 3.52. The molecular weight excluding hydrogens is 270 g/mol. The van der Waals surface area contributed by atoms with Crippen LogP contribution < -0.4 is 0 Å². The van der Waals surface area contributed by atoms with E-state index >= 15 is 0 Å². The maximum Gasteiger partial charge on any atom is 0.257 e. The lowest BCUT2D eigenvalue weighted by atomic mass is 10.2. The van der Waals surface area contributed by atoms with Crippen molar-refractivity contribution in [2.45, 2.75) is 20.0 Å². The van der Waals surface area contributed by atoms with Gasteiger partial charge in [0.25, 0.3) is 5.91 Å². The number of hydrogen-bond acceptors (Lipinski definition) is 5. The average Bonchev–Trinajstić information content (AvgIpc) is 2.94. The second-order valence-electron chi connectivity index (χ2n) is 5.08. The van der Waals surface area contributed by atoms with Gasteiger partial charge in [0.1, 0.15) is 18.3 Å². The summed E-state index contributed by atoms with van der Waals surface area (Å²) in [6.07, 6.45) is 4.54. The van der Waals surface area contributed by atoms with Gasteiger partial charge in [0, 0.05) is 24.6 Å². The number of aromatic amines is 1. The second-order valence-corrected chi connectivity index (χ2v) is 5.08. The van der Waals surface area contributed by atoms with E-state index in [-0.39, 0.29) is 12.0 Å². The van der Waals surface area contributed by atoms with Gasteiger partial charge in [-0.2, -0.15) is 0 Å². The van der Waals surface area contributed by atoms with Gasteiger partial charge in [0.05, 0.1) is 24.4 Å². The number of ether oxygens (including phenoxy) is 1. The van der Waals surface area contributed by atoms with Crippen molar-refractivity contribution in [3.63, 3.8) is 0 Å². The van der Waals surface area contributed by atoms with Gasteiger partial charge in [-0.05, 0) is 13.8 Å². The van der Waals surface area contributed by atoms with Crippen molar-refractivity contribution in [1.82, 2.24) is 24.8 Å². The van der Waals surface area contributed by atoms with Crippen LogP contribution in [-0.2, 0) is 4.74 Å². The summed E-state index contributed by atoms with van der Waals surface area (Å²) in [5.41, 5.74) is 2.20. The third kappa shape index (κ3) is 2.78. The van der Waals surface area contributed by atoms with Crippen LogP contribution >= 0.6 is 0 Å². The number of hydrogen-bond donors (Lipinski definition) is 1. The molecule has 3 rings (SSSR count).